The molecule has 0 aliphatic carbocycles. The lowest BCUT2D eigenvalue weighted by molar-refractivity contribution is -0.122. The first-order chi connectivity index (χ1) is 21.7. The van der Waals surface area contributed by atoms with Gasteiger partial charge in [-0.05, 0) is 60.8 Å². The van der Waals surface area contributed by atoms with E-state index in [0.717, 1.165) is 16.3 Å². The SMILES string of the molecule is O=C(CN1CCOCCOc2cc3ccccc3cc2OCCOCC1)NCc1ccc2ccc3cccc4ccc1c2c34. The second kappa shape index (κ2) is 13.1. The summed E-state index contributed by atoms with van der Waals surface area (Å²) in [5.41, 5.74) is 1.11. The third kappa shape index (κ3) is 6.13. The van der Waals surface area contributed by atoms with E-state index in [1.54, 1.807) is 0 Å². The molecule has 1 heterocycles. The monoisotopic (exact) mass is 588 g/mol. The molecular formula is C37H36N2O5. The lowest BCUT2D eigenvalue weighted by Gasteiger charge is -2.22. The van der Waals surface area contributed by atoms with Crippen LogP contribution in [0, 0.1) is 0 Å². The Kier molecular flexibility index (Phi) is 8.41. The minimum Gasteiger partial charge on any atom is -0.487 e. The Morgan fingerprint density at radius 3 is 1.84 bits per heavy atom. The molecule has 0 aromatic heterocycles. The highest BCUT2D eigenvalue weighted by molar-refractivity contribution is 6.23. The molecule has 7 nitrogen and oxygen atoms in total. The molecule has 6 aromatic rings. The Morgan fingerprint density at radius 1 is 0.614 bits per heavy atom. The van der Waals surface area contributed by atoms with Crippen molar-refractivity contribution in [1.29, 1.82) is 0 Å². The molecule has 6 aromatic carbocycles. The van der Waals surface area contributed by atoms with Gasteiger partial charge in [-0.3, -0.25) is 9.69 Å². The fourth-order valence-corrected chi connectivity index (χ4v) is 6.11. The van der Waals surface area contributed by atoms with Gasteiger partial charge in [0.05, 0.1) is 33.0 Å². The van der Waals surface area contributed by atoms with Gasteiger partial charge in [0.15, 0.2) is 11.5 Å². The molecule has 1 aliphatic heterocycles. The fourth-order valence-electron chi connectivity index (χ4n) is 6.11. The standard InChI is InChI=1S/C37H36N2O5/c40-35(38-24-31-11-10-28-9-8-26-6-3-7-27-12-13-32(31)37(28)36(26)27)25-39-14-16-41-18-20-43-33-22-29-4-1-2-5-30(29)23-34(33)44-21-19-42-17-15-39/h1-13,22-23H,14-21,24-25H2,(H,38,40). The molecule has 1 N–H and O–H groups in total. The molecule has 7 heteroatoms. The fraction of sp³-hybridized carbons (Fsp3) is 0.270. The molecule has 224 valence electrons. The van der Waals surface area contributed by atoms with Gasteiger partial charge >= 0.3 is 0 Å². The molecular weight excluding hydrogens is 552 g/mol. The molecule has 0 radical (unpaired) electrons. The molecule has 44 heavy (non-hydrogen) atoms. The molecule has 7 rings (SSSR count). The van der Waals surface area contributed by atoms with E-state index in [-0.39, 0.29) is 12.5 Å². The predicted octanol–water partition coefficient (Wildman–Crippen LogP) is 6.16. The molecule has 1 aliphatic rings. The normalized spacial score (nSPS) is 15.8. The van der Waals surface area contributed by atoms with Crippen LogP contribution in [0.3, 0.4) is 0 Å². The van der Waals surface area contributed by atoms with Crippen LogP contribution in [0.4, 0.5) is 0 Å². The van der Waals surface area contributed by atoms with Crippen molar-refractivity contribution in [3.63, 3.8) is 0 Å². The maximum absolute atomic E-state index is 13.1. The number of amides is 1. The molecule has 0 spiro atoms. The van der Waals surface area contributed by atoms with Crippen LogP contribution in [-0.2, 0) is 20.8 Å². The van der Waals surface area contributed by atoms with Gasteiger partial charge < -0.3 is 24.3 Å². The van der Waals surface area contributed by atoms with Crippen molar-refractivity contribution in [2.24, 2.45) is 0 Å². The summed E-state index contributed by atoms with van der Waals surface area (Å²) in [6.45, 7) is 4.66. The number of carbonyl (C=O) groups excluding carboxylic acids is 1. The van der Waals surface area contributed by atoms with Crippen LogP contribution < -0.4 is 14.8 Å². The van der Waals surface area contributed by atoms with E-state index in [1.165, 1.54) is 32.3 Å². The van der Waals surface area contributed by atoms with Gasteiger partial charge in [0.1, 0.15) is 13.2 Å². The Morgan fingerprint density at radius 2 is 1.18 bits per heavy atom. The van der Waals surface area contributed by atoms with Gasteiger partial charge in [-0.2, -0.15) is 0 Å². The summed E-state index contributed by atoms with van der Waals surface area (Å²) in [5.74, 6) is 1.37. The second-order valence-corrected chi connectivity index (χ2v) is 11.2. The summed E-state index contributed by atoms with van der Waals surface area (Å²) in [4.78, 5) is 15.2. The largest absolute Gasteiger partial charge is 0.487 e. The minimum absolute atomic E-state index is 0.0252. The highest BCUT2D eigenvalue weighted by Crippen LogP contribution is 2.36. The van der Waals surface area contributed by atoms with Crippen LogP contribution in [0.5, 0.6) is 11.5 Å². The van der Waals surface area contributed by atoms with Gasteiger partial charge in [0, 0.05) is 19.6 Å². The minimum atomic E-state index is -0.0252. The van der Waals surface area contributed by atoms with Gasteiger partial charge in [0.2, 0.25) is 5.91 Å². The van der Waals surface area contributed by atoms with Gasteiger partial charge in [-0.15, -0.1) is 0 Å². The lowest BCUT2D eigenvalue weighted by atomic mass is 9.92. The van der Waals surface area contributed by atoms with Crippen LogP contribution >= 0.6 is 0 Å². The summed E-state index contributed by atoms with van der Waals surface area (Å²) < 4.78 is 23.8. The quantitative estimate of drug-likeness (QED) is 0.249. The van der Waals surface area contributed by atoms with Crippen LogP contribution in [-0.4, -0.2) is 70.1 Å². The molecule has 1 amide bonds. The van der Waals surface area contributed by atoms with Crippen LogP contribution in [0.1, 0.15) is 5.56 Å². The Labute approximate surface area is 256 Å². The zero-order chi connectivity index (χ0) is 29.7. The Hall–Kier alpha value is -4.43. The summed E-state index contributed by atoms with van der Waals surface area (Å²) >= 11 is 0. The molecule has 0 saturated carbocycles. The molecule has 0 fully saturated rings. The average Bonchev–Trinajstić information content (AvgIpc) is 3.06. The number of hydrogen-bond donors (Lipinski definition) is 1. The number of ether oxygens (including phenoxy) is 4. The smallest absolute Gasteiger partial charge is 0.234 e. The average molecular weight is 589 g/mol. The van der Waals surface area contributed by atoms with E-state index in [9.17, 15) is 4.79 Å². The van der Waals surface area contributed by atoms with Crippen molar-refractivity contribution in [2.45, 2.75) is 6.54 Å². The van der Waals surface area contributed by atoms with E-state index in [4.69, 9.17) is 18.9 Å². The third-order valence-corrected chi connectivity index (χ3v) is 8.35. The van der Waals surface area contributed by atoms with E-state index < -0.39 is 0 Å². The maximum atomic E-state index is 13.1. The van der Waals surface area contributed by atoms with E-state index in [1.807, 2.05) is 24.3 Å². The molecule has 0 atom stereocenters. The van der Waals surface area contributed by atoms with Crippen molar-refractivity contribution in [1.82, 2.24) is 10.2 Å². The van der Waals surface area contributed by atoms with E-state index in [0.29, 0.717) is 70.8 Å². The zero-order valence-electron chi connectivity index (χ0n) is 24.7. The second-order valence-electron chi connectivity index (χ2n) is 11.2. The summed E-state index contributed by atoms with van der Waals surface area (Å²) in [6.07, 6.45) is 0. The van der Waals surface area contributed by atoms with Crippen molar-refractivity contribution < 1.29 is 23.7 Å². The van der Waals surface area contributed by atoms with Crippen LogP contribution in [0.25, 0.3) is 43.1 Å². The molecule has 0 saturated heterocycles. The first-order valence-electron chi connectivity index (χ1n) is 15.3. The highest BCUT2D eigenvalue weighted by Gasteiger charge is 2.15. The Bertz CT molecular complexity index is 1830. The van der Waals surface area contributed by atoms with Gasteiger partial charge in [0.25, 0.3) is 0 Å². The molecule has 0 unspecified atom stereocenters. The molecule has 0 bridgehead atoms. The summed E-state index contributed by atoms with van der Waals surface area (Å²) in [7, 11) is 0. The van der Waals surface area contributed by atoms with Crippen molar-refractivity contribution in [3.8, 4) is 11.5 Å². The van der Waals surface area contributed by atoms with E-state index >= 15 is 0 Å². The zero-order valence-corrected chi connectivity index (χ0v) is 24.7. The lowest BCUT2D eigenvalue weighted by Crippen LogP contribution is -2.40. The van der Waals surface area contributed by atoms with Crippen LogP contribution in [0.2, 0.25) is 0 Å². The van der Waals surface area contributed by atoms with Crippen LogP contribution in [0.15, 0.2) is 91.0 Å². The number of rotatable bonds is 4. The third-order valence-electron chi connectivity index (χ3n) is 8.35. The number of fused-ring (bicyclic) bond motifs is 2. The topological polar surface area (TPSA) is 69.3 Å². The first kappa shape index (κ1) is 28.3. The summed E-state index contributed by atoms with van der Waals surface area (Å²) in [6, 6.07) is 31.6. The Balaban J connectivity index is 0.969. The maximum Gasteiger partial charge on any atom is 0.234 e. The number of nitrogens with one attached hydrogen (secondary N) is 1. The number of carbonyl (C=O) groups is 1. The predicted molar refractivity (Wildman–Crippen MR) is 175 cm³/mol. The van der Waals surface area contributed by atoms with Crippen molar-refractivity contribution in [3.05, 3.63) is 96.6 Å². The summed E-state index contributed by atoms with van der Waals surface area (Å²) in [5, 5.41) is 12.8. The van der Waals surface area contributed by atoms with Gasteiger partial charge in [-0.1, -0.05) is 78.9 Å². The van der Waals surface area contributed by atoms with E-state index in [2.05, 4.69) is 76.9 Å². The highest BCUT2D eigenvalue weighted by atomic mass is 16.6. The van der Waals surface area contributed by atoms with Gasteiger partial charge in [-0.25, -0.2) is 0 Å². The number of nitrogens with zero attached hydrogens (tertiary/aromatic N) is 1. The number of benzene rings is 6. The number of hydrogen-bond acceptors (Lipinski definition) is 6. The van der Waals surface area contributed by atoms with Crippen molar-refractivity contribution >= 4 is 49.0 Å². The first-order valence-corrected chi connectivity index (χ1v) is 15.3. The van der Waals surface area contributed by atoms with Crippen molar-refractivity contribution in [2.75, 3.05) is 59.3 Å².